The van der Waals surface area contributed by atoms with E-state index in [0.29, 0.717) is 5.01 Å². The molecule has 0 atom stereocenters. The molecule has 0 saturated carbocycles. The predicted octanol–water partition coefficient (Wildman–Crippen LogP) is 1.70. The normalized spacial score (nSPS) is 11.8. The van der Waals surface area contributed by atoms with Gasteiger partial charge in [-0.1, -0.05) is 0 Å². The molecule has 1 rings (SSSR count). The van der Waals surface area contributed by atoms with E-state index in [4.69, 9.17) is 5.11 Å². The monoisotopic (exact) mass is 313 g/mol. The van der Waals surface area contributed by atoms with Crippen LogP contribution >= 0.6 is 11.3 Å². The number of imide groups is 1. The van der Waals surface area contributed by atoms with E-state index < -0.39 is 28.9 Å². The zero-order valence-electron chi connectivity index (χ0n) is 12.4. The van der Waals surface area contributed by atoms with Crippen molar-refractivity contribution in [3.8, 4) is 0 Å². The molecule has 0 aliphatic heterocycles. The van der Waals surface area contributed by atoms with Gasteiger partial charge >= 0.3 is 12.0 Å². The van der Waals surface area contributed by atoms with E-state index in [1.165, 1.54) is 25.2 Å². The molecule has 3 amide bonds. The molecular formula is C13H19N3O4S. The number of aromatic nitrogens is 1. The maximum atomic E-state index is 11.8. The highest BCUT2D eigenvalue weighted by molar-refractivity contribution is 7.09. The number of carbonyl (C=O) groups is 3. The molecular weight excluding hydrogens is 294 g/mol. The number of urea groups is 1. The Labute approximate surface area is 126 Å². The molecule has 0 aliphatic carbocycles. The van der Waals surface area contributed by atoms with Gasteiger partial charge in [0.1, 0.15) is 5.01 Å². The zero-order valence-corrected chi connectivity index (χ0v) is 13.2. The van der Waals surface area contributed by atoms with Gasteiger partial charge in [0.15, 0.2) is 0 Å². The maximum absolute atomic E-state index is 11.8. The van der Waals surface area contributed by atoms with Crippen molar-refractivity contribution >= 4 is 29.2 Å². The average Bonchev–Trinajstić information content (AvgIpc) is 2.79. The molecule has 0 radical (unpaired) electrons. The fourth-order valence-electron chi connectivity index (χ4n) is 1.55. The Kier molecular flexibility index (Phi) is 5.06. The number of aliphatic carboxylic acids is 1. The number of thiazole rings is 1. The first-order valence-corrected chi connectivity index (χ1v) is 7.18. The summed E-state index contributed by atoms with van der Waals surface area (Å²) in [5.74, 6) is -1.74. The third kappa shape index (κ3) is 4.82. The Morgan fingerprint density at radius 1 is 1.29 bits per heavy atom. The van der Waals surface area contributed by atoms with E-state index in [0.717, 1.165) is 0 Å². The molecule has 0 spiro atoms. The SMILES string of the molecule is CC(C)(CC(=O)NC(=O)NC(C)(C)c1nccs1)C(=O)O. The Bertz CT molecular complexity index is 538. The standard InChI is InChI=1S/C13H19N3O4S/c1-12(2,10(18)19)7-8(17)15-11(20)16-13(3,4)9-14-5-6-21-9/h5-6H,7H2,1-4H3,(H,18,19)(H2,15,16,17,20). The van der Waals surface area contributed by atoms with Crippen LogP contribution in [0.4, 0.5) is 4.79 Å². The summed E-state index contributed by atoms with van der Waals surface area (Å²) in [6.07, 6.45) is 1.34. The molecule has 0 aromatic carbocycles. The number of hydrogen-bond donors (Lipinski definition) is 3. The van der Waals surface area contributed by atoms with E-state index in [2.05, 4.69) is 15.6 Å². The Morgan fingerprint density at radius 3 is 2.38 bits per heavy atom. The van der Waals surface area contributed by atoms with Crippen molar-refractivity contribution in [2.24, 2.45) is 5.41 Å². The number of amides is 3. The largest absolute Gasteiger partial charge is 0.481 e. The Morgan fingerprint density at radius 2 is 1.90 bits per heavy atom. The smallest absolute Gasteiger partial charge is 0.322 e. The minimum absolute atomic E-state index is 0.284. The number of hydrogen-bond acceptors (Lipinski definition) is 5. The molecule has 0 unspecified atom stereocenters. The number of carboxylic acids is 1. The number of carboxylic acid groups (broad SMARTS) is 1. The Hall–Kier alpha value is -1.96. The highest BCUT2D eigenvalue weighted by Gasteiger charge is 2.32. The lowest BCUT2D eigenvalue weighted by molar-refractivity contribution is -0.149. The van der Waals surface area contributed by atoms with Crippen molar-refractivity contribution in [1.29, 1.82) is 0 Å². The number of rotatable bonds is 5. The molecule has 1 heterocycles. The predicted molar refractivity (Wildman–Crippen MR) is 77.8 cm³/mol. The summed E-state index contributed by atoms with van der Waals surface area (Å²) >= 11 is 1.39. The molecule has 1 aromatic rings. The van der Waals surface area contributed by atoms with Crippen molar-refractivity contribution in [2.45, 2.75) is 39.7 Å². The molecule has 3 N–H and O–H groups in total. The minimum Gasteiger partial charge on any atom is -0.481 e. The molecule has 8 heteroatoms. The number of nitrogens with one attached hydrogen (secondary N) is 2. The van der Waals surface area contributed by atoms with Gasteiger partial charge in [-0.2, -0.15) is 0 Å². The average molecular weight is 313 g/mol. The van der Waals surface area contributed by atoms with E-state index >= 15 is 0 Å². The van der Waals surface area contributed by atoms with Crippen LogP contribution in [0.3, 0.4) is 0 Å². The lowest BCUT2D eigenvalue weighted by Crippen LogP contribution is -2.49. The van der Waals surface area contributed by atoms with E-state index in [1.807, 2.05) is 0 Å². The van der Waals surface area contributed by atoms with Gasteiger partial charge in [-0.3, -0.25) is 14.9 Å². The van der Waals surface area contributed by atoms with Gasteiger partial charge in [-0.15, -0.1) is 11.3 Å². The second kappa shape index (κ2) is 6.21. The second-order valence-electron chi connectivity index (χ2n) is 5.83. The molecule has 21 heavy (non-hydrogen) atoms. The van der Waals surface area contributed by atoms with Crippen LogP contribution in [-0.4, -0.2) is 28.0 Å². The number of nitrogens with zero attached hydrogens (tertiary/aromatic N) is 1. The van der Waals surface area contributed by atoms with Crippen molar-refractivity contribution in [3.63, 3.8) is 0 Å². The summed E-state index contributed by atoms with van der Waals surface area (Å²) in [6.45, 7) is 6.37. The summed E-state index contributed by atoms with van der Waals surface area (Å²) in [6, 6.07) is -0.679. The third-order valence-electron chi connectivity index (χ3n) is 2.83. The molecule has 0 aliphatic rings. The fourth-order valence-corrected chi connectivity index (χ4v) is 2.27. The van der Waals surface area contributed by atoms with Crippen LogP contribution in [0.15, 0.2) is 11.6 Å². The first-order valence-electron chi connectivity index (χ1n) is 6.30. The van der Waals surface area contributed by atoms with Crippen LogP contribution < -0.4 is 10.6 Å². The van der Waals surface area contributed by atoms with Crippen LogP contribution in [0, 0.1) is 5.41 Å². The first-order chi connectivity index (χ1) is 9.54. The molecule has 116 valence electrons. The van der Waals surface area contributed by atoms with Crippen molar-refractivity contribution in [1.82, 2.24) is 15.6 Å². The van der Waals surface area contributed by atoms with Gasteiger partial charge in [0.25, 0.3) is 0 Å². The molecule has 1 aromatic heterocycles. The van der Waals surface area contributed by atoms with Gasteiger partial charge < -0.3 is 10.4 Å². The van der Waals surface area contributed by atoms with Crippen LogP contribution in [0.25, 0.3) is 0 Å². The zero-order chi connectivity index (χ0) is 16.3. The van der Waals surface area contributed by atoms with Gasteiger partial charge in [-0.05, 0) is 27.7 Å². The fraction of sp³-hybridized carbons (Fsp3) is 0.538. The molecule has 7 nitrogen and oxygen atoms in total. The van der Waals surface area contributed by atoms with Gasteiger partial charge in [0, 0.05) is 18.0 Å². The molecule has 0 bridgehead atoms. The highest BCUT2D eigenvalue weighted by atomic mass is 32.1. The number of carbonyl (C=O) groups excluding carboxylic acids is 2. The van der Waals surface area contributed by atoms with Crippen molar-refractivity contribution in [2.75, 3.05) is 0 Å². The summed E-state index contributed by atoms with van der Waals surface area (Å²) in [4.78, 5) is 38.6. The maximum Gasteiger partial charge on any atom is 0.322 e. The van der Waals surface area contributed by atoms with Crippen molar-refractivity contribution < 1.29 is 19.5 Å². The first kappa shape index (κ1) is 17.1. The summed E-state index contributed by atoms with van der Waals surface area (Å²) in [5, 5.41) is 16.2. The summed E-state index contributed by atoms with van der Waals surface area (Å²) < 4.78 is 0. The van der Waals surface area contributed by atoms with Gasteiger partial charge in [0.05, 0.1) is 11.0 Å². The van der Waals surface area contributed by atoms with E-state index in [9.17, 15) is 14.4 Å². The summed E-state index contributed by atoms with van der Waals surface area (Å²) in [7, 11) is 0. The van der Waals surface area contributed by atoms with Crippen LogP contribution in [0.5, 0.6) is 0 Å². The van der Waals surface area contributed by atoms with E-state index in [-0.39, 0.29) is 6.42 Å². The van der Waals surface area contributed by atoms with Gasteiger partial charge in [-0.25, -0.2) is 9.78 Å². The third-order valence-corrected chi connectivity index (χ3v) is 3.92. The Balaban J connectivity index is 2.58. The lowest BCUT2D eigenvalue weighted by Gasteiger charge is -2.24. The topological polar surface area (TPSA) is 108 Å². The lowest BCUT2D eigenvalue weighted by atomic mass is 9.89. The van der Waals surface area contributed by atoms with Crippen molar-refractivity contribution in [3.05, 3.63) is 16.6 Å². The van der Waals surface area contributed by atoms with E-state index in [1.54, 1.807) is 25.4 Å². The highest BCUT2D eigenvalue weighted by Crippen LogP contribution is 2.22. The van der Waals surface area contributed by atoms with Crippen LogP contribution in [-0.2, 0) is 15.1 Å². The second-order valence-corrected chi connectivity index (χ2v) is 6.72. The summed E-state index contributed by atoms with van der Waals surface area (Å²) in [5.41, 5.74) is -1.95. The van der Waals surface area contributed by atoms with Crippen LogP contribution in [0.1, 0.15) is 39.1 Å². The quantitative estimate of drug-likeness (QED) is 0.766. The minimum atomic E-state index is -1.23. The van der Waals surface area contributed by atoms with Gasteiger partial charge in [0.2, 0.25) is 5.91 Å². The molecule has 0 saturated heterocycles. The molecule has 0 fully saturated rings. The van der Waals surface area contributed by atoms with Crippen LogP contribution in [0.2, 0.25) is 0 Å².